The van der Waals surface area contributed by atoms with Gasteiger partial charge in [-0.05, 0) is 103 Å². The van der Waals surface area contributed by atoms with Crippen LogP contribution in [0.3, 0.4) is 0 Å². The zero-order valence-electron chi connectivity index (χ0n) is 32.2. The van der Waals surface area contributed by atoms with Crippen LogP contribution in [-0.2, 0) is 4.74 Å². The van der Waals surface area contributed by atoms with Crippen molar-refractivity contribution < 1.29 is 9.53 Å². The van der Waals surface area contributed by atoms with Crippen LogP contribution in [0.25, 0.3) is 5.09 Å². The summed E-state index contributed by atoms with van der Waals surface area (Å²) in [4.78, 5) is 14.2. The number of ether oxygens (including phenoxy) is 1. The molecule has 0 bridgehead atoms. The molecule has 0 saturated carbocycles. The number of benzene rings is 8. The van der Waals surface area contributed by atoms with Crippen molar-refractivity contribution in [3.8, 4) is 0 Å². The molecule has 0 saturated heterocycles. The molecule has 0 spiro atoms. The molecule has 8 rings (SSSR count). The van der Waals surface area contributed by atoms with Crippen LogP contribution < -0.4 is 42.4 Å². The molecule has 0 fully saturated rings. The predicted octanol–water partition coefficient (Wildman–Crippen LogP) is 9.88. The molecule has 0 radical (unpaired) electrons. The predicted molar refractivity (Wildman–Crippen MR) is 249 cm³/mol. The number of carbonyl (C=O) groups excluding carboxylic acids is 1. The molecule has 0 aliphatic carbocycles. The van der Waals surface area contributed by atoms with Gasteiger partial charge in [0.1, 0.15) is 39.3 Å². The summed E-state index contributed by atoms with van der Waals surface area (Å²) in [5.41, 5.74) is 2.41. The van der Waals surface area contributed by atoms with Crippen molar-refractivity contribution in [2.24, 2.45) is 0 Å². The standard InChI is InChI=1S/C52H45N2O2P2/c55-52(56-41-21-40-53-42-22-7-1-8-23-42)50-34-19-20-35-51(50)58(48-30-15-5-16-31-48,49-32-17-6-18-33-49)54-43-36-38-47(39-37-43)57(44-24-9-2-10-25-44,45-26-11-3-12-27-45)46-28-13-4-14-29-46/h1-20,22-39,53H,21,40-41H2/q+1. The summed E-state index contributed by atoms with van der Waals surface area (Å²) in [6.45, 7) is 0.987. The largest absolute Gasteiger partial charge is 0.509 e. The van der Waals surface area contributed by atoms with Crippen LogP contribution in [0.2, 0.25) is 0 Å². The first-order valence-electron chi connectivity index (χ1n) is 19.7. The van der Waals surface area contributed by atoms with Gasteiger partial charge in [-0.1, -0.05) is 133 Å². The van der Waals surface area contributed by atoms with E-state index in [-0.39, 0.29) is 5.97 Å². The van der Waals surface area contributed by atoms with Crippen LogP contribution in [-0.4, -0.2) is 19.1 Å². The second-order valence-electron chi connectivity index (χ2n) is 13.9. The van der Waals surface area contributed by atoms with Gasteiger partial charge in [0.05, 0.1) is 24.6 Å². The minimum atomic E-state index is -2.86. The van der Waals surface area contributed by atoms with Crippen LogP contribution in [0, 0.1) is 0 Å². The quantitative estimate of drug-likeness (QED) is 0.0640. The first kappa shape index (κ1) is 38.6. The Kier molecular flexibility index (Phi) is 12.2. The van der Waals surface area contributed by atoms with Crippen molar-refractivity contribution in [1.82, 2.24) is 0 Å². The van der Waals surface area contributed by atoms with Crippen LogP contribution in [0.15, 0.2) is 231 Å². The minimum absolute atomic E-state index is 0.294. The summed E-state index contributed by atoms with van der Waals surface area (Å²) in [5.74, 6) is -0.347. The van der Waals surface area contributed by atoms with Gasteiger partial charge in [0.25, 0.3) is 0 Å². The first-order chi connectivity index (χ1) is 28.7. The molecule has 0 atom stereocenters. The maximum Gasteiger partial charge on any atom is 0.342 e. The highest BCUT2D eigenvalue weighted by Gasteiger charge is 2.48. The van der Waals surface area contributed by atoms with Gasteiger partial charge in [0.15, 0.2) is 0 Å². The summed E-state index contributed by atoms with van der Waals surface area (Å²) in [7, 11) is -5.16. The van der Waals surface area contributed by atoms with Crippen molar-refractivity contribution in [1.29, 1.82) is 0 Å². The Morgan fingerprint density at radius 3 is 1.33 bits per heavy atom. The van der Waals surface area contributed by atoms with E-state index >= 15 is 0 Å². The Balaban J connectivity index is 1.21. The summed E-state index contributed by atoms with van der Waals surface area (Å²) in [5, 5.41) is 17.3. The summed E-state index contributed by atoms with van der Waals surface area (Å²) < 4.78 is 6.00. The Morgan fingerprint density at radius 2 is 0.845 bits per heavy atom. The van der Waals surface area contributed by atoms with E-state index in [0.717, 1.165) is 27.3 Å². The first-order valence-corrected chi connectivity index (χ1v) is 23.2. The number of carbonyl (C=O) groups is 1. The maximum absolute atomic E-state index is 14.2. The molecule has 58 heavy (non-hydrogen) atoms. The van der Waals surface area contributed by atoms with Gasteiger partial charge in [-0.3, -0.25) is 0 Å². The van der Waals surface area contributed by atoms with Crippen molar-refractivity contribution in [2.75, 3.05) is 18.5 Å². The number of hydrogen-bond acceptors (Lipinski definition) is 3. The molecule has 0 aliphatic heterocycles. The highest BCUT2D eigenvalue weighted by molar-refractivity contribution is 8.01. The number of para-hydroxylation sites is 1. The third kappa shape index (κ3) is 7.95. The summed E-state index contributed by atoms with van der Waals surface area (Å²) in [6, 6.07) is 80.4. The summed E-state index contributed by atoms with van der Waals surface area (Å²) in [6.07, 6.45) is 0.677. The molecule has 0 unspecified atom stereocenters. The lowest BCUT2D eigenvalue weighted by Crippen LogP contribution is -2.38. The molecule has 1 N–H and O–H groups in total. The third-order valence-electron chi connectivity index (χ3n) is 10.3. The van der Waals surface area contributed by atoms with E-state index in [1.165, 1.54) is 21.2 Å². The van der Waals surface area contributed by atoms with Gasteiger partial charge >= 0.3 is 5.97 Å². The Labute approximate surface area is 343 Å². The smallest absolute Gasteiger partial charge is 0.342 e. The number of anilines is 1. The zero-order chi connectivity index (χ0) is 39.5. The van der Waals surface area contributed by atoms with E-state index in [2.05, 4.69) is 175 Å². The fraction of sp³-hybridized carbons (Fsp3) is 0.0577. The number of hydrogen-bond donors (Lipinski definition) is 1. The lowest BCUT2D eigenvalue weighted by atomic mass is 10.2. The topological polar surface area (TPSA) is 52.4 Å². The average molecular weight is 792 g/mol. The molecule has 8 aromatic rings. The van der Waals surface area contributed by atoms with Gasteiger partial charge in [-0.25, -0.2) is 4.79 Å². The molecule has 0 amide bonds. The fourth-order valence-electron chi connectivity index (χ4n) is 7.68. The molecule has 284 valence electrons. The maximum atomic E-state index is 14.2. The van der Waals surface area contributed by atoms with Crippen molar-refractivity contribution in [2.45, 2.75) is 6.42 Å². The number of rotatable bonds is 15. The molecule has 0 aromatic heterocycles. The normalized spacial score (nSPS) is 11.4. The van der Waals surface area contributed by atoms with Crippen molar-refractivity contribution >= 4 is 69.2 Å². The molecule has 0 heterocycles. The Hall–Kier alpha value is -6.31. The van der Waals surface area contributed by atoms with Gasteiger partial charge < -0.3 is 15.1 Å². The summed E-state index contributed by atoms with van der Waals surface area (Å²) >= 11 is 0. The lowest BCUT2D eigenvalue weighted by molar-refractivity contribution is 0.0505. The molecule has 0 aliphatic rings. The Morgan fingerprint density at radius 1 is 0.448 bits per heavy atom. The van der Waals surface area contributed by atoms with E-state index in [9.17, 15) is 4.79 Å². The fourth-order valence-corrected chi connectivity index (χ4v) is 15.6. The highest BCUT2D eigenvalue weighted by Crippen LogP contribution is 2.65. The van der Waals surface area contributed by atoms with E-state index < -0.39 is 14.7 Å². The minimum Gasteiger partial charge on any atom is -0.509 e. The monoisotopic (exact) mass is 791 g/mol. The molecule has 6 heteroatoms. The van der Waals surface area contributed by atoms with Crippen LogP contribution >= 0.6 is 14.7 Å². The van der Waals surface area contributed by atoms with Crippen LogP contribution in [0.1, 0.15) is 16.8 Å². The van der Waals surface area contributed by atoms with E-state index in [0.29, 0.717) is 25.1 Å². The third-order valence-corrected chi connectivity index (χ3v) is 18.3. The number of nitrogens with zero attached hydrogens (tertiary/aromatic N) is 1. The van der Waals surface area contributed by atoms with Crippen molar-refractivity contribution in [3.63, 3.8) is 0 Å². The number of nitrogens with one attached hydrogen (secondary N) is 1. The second kappa shape index (κ2) is 18.3. The second-order valence-corrected chi connectivity index (χ2v) is 20.3. The zero-order valence-corrected chi connectivity index (χ0v) is 34.0. The van der Waals surface area contributed by atoms with Crippen LogP contribution in [0.4, 0.5) is 11.4 Å². The average Bonchev–Trinajstić information content (AvgIpc) is 3.31. The Bertz CT molecular complexity index is 2370. The van der Waals surface area contributed by atoms with E-state index in [1.54, 1.807) is 0 Å². The SMILES string of the molecule is O=C(OCCCNc1ccccc1)c1ccccc1[P+]([N-]c1ccc([P+](c2ccccc2)(c2ccccc2)c2ccccc2)cc1)(c1ccccc1)c1ccccc1. The van der Waals surface area contributed by atoms with Crippen LogP contribution in [0.5, 0.6) is 0 Å². The van der Waals surface area contributed by atoms with Gasteiger partial charge in [-0.15, -0.1) is 5.69 Å². The molecule has 4 nitrogen and oxygen atoms in total. The van der Waals surface area contributed by atoms with Crippen molar-refractivity contribution in [3.05, 3.63) is 241 Å². The molecule has 8 aromatic carbocycles. The van der Waals surface area contributed by atoms with Gasteiger partial charge in [0.2, 0.25) is 0 Å². The molecular formula is C52H45N2O2P2+. The van der Waals surface area contributed by atoms with Gasteiger partial charge in [0, 0.05) is 12.2 Å². The highest BCUT2D eigenvalue weighted by atomic mass is 31.2. The molecular weight excluding hydrogens is 747 g/mol. The lowest BCUT2D eigenvalue weighted by Gasteiger charge is -2.40. The van der Waals surface area contributed by atoms with Gasteiger partial charge in [-0.2, -0.15) is 0 Å². The van der Waals surface area contributed by atoms with E-state index in [4.69, 9.17) is 9.82 Å². The van der Waals surface area contributed by atoms with E-state index in [1.807, 2.05) is 60.7 Å². The number of esters is 1.